The highest BCUT2D eigenvalue weighted by Gasteiger charge is 2.29. The maximum absolute atomic E-state index is 11.9. The first kappa shape index (κ1) is 14.6. The van der Waals surface area contributed by atoms with E-state index in [4.69, 9.17) is 16.2 Å². The zero-order valence-electron chi connectivity index (χ0n) is 11.3. The number of nitrogen functional groups attached to an aromatic ring is 1. The molecule has 4 N–H and O–H groups in total. The number of piperidine rings is 1. The minimum atomic E-state index is -0.453. The quantitative estimate of drug-likeness (QED) is 0.787. The van der Waals surface area contributed by atoms with Crippen molar-refractivity contribution >= 4 is 34.2 Å². The molecule has 0 bridgehead atoms. The first-order valence-corrected chi connectivity index (χ1v) is 7.28. The van der Waals surface area contributed by atoms with Crippen molar-refractivity contribution in [1.82, 2.24) is 4.37 Å². The fourth-order valence-electron chi connectivity index (χ4n) is 2.27. The summed E-state index contributed by atoms with van der Waals surface area (Å²) in [5, 5.41) is 0.712. The Morgan fingerprint density at radius 2 is 2.10 bits per heavy atom. The van der Waals surface area contributed by atoms with E-state index < -0.39 is 5.97 Å². The number of aromatic nitrogens is 1. The molecule has 2 heterocycles. The Morgan fingerprint density at radius 3 is 2.65 bits per heavy atom. The van der Waals surface area contributed by atoms with Crippen LogP contribution < -0.4 is 16.4 Å². The van der Waals surface area contributed by atoms with Crippen LogP contribution in [-0.2, 0) is 9.53 Å². The molecule has 110 valence electrons. The van der Waals surface area contributed by atoms with Crippen molar-refractivity contribution in [1.29, 1.82) is 0 Å². The minimum Gasteiger partial charge on any atom is -0.462 e. The lowest BCUT2D eigenvalue weighted by molar-refractivity contribution is -0.122. The molecule has 0 atom stereocenters. The number of carbonyl (C=O) groups is 2. The fraction of sp³-hybridized carbons (Fsp3) is 0.583. The van der Waals surface area contributed by atoms with Gasteiger partial charge >= 0.3 is 5.97 Å². The normalized spacial score (nSPS) is 16.1. The summed E-state index contributed by atoms with van der Waals surface area (Å²) in [5.41, 5.74) is 11.4. The number of ether oxygens (including phenoxy) is 1. The van der Waals surface area contributed by atoms with Gasteiger partial charge in [0.15, 0.2) is 5.82 Å². The monoisotopic (exact) mass is 298 g/mol. The van der Waals surface area contributed by atoms with Crippen molar-refractivity contribution in [2.24, 2.45) is 11.7 Å². The average Bonchev–Trinajstić information content (AvgIpc) is 2.81. The number of carbonyl (C=O) groups excluding carboxylic acids is 2. The molecule has 0 radical (unpaired) electrons. The van der Waals surface area contributed by atoms with Crippen molar-refractivity contribution in [3.8, 4) is 0 Å². The fourth-order valence-corrected chi connectivity index (χ4v) is 3.12. The molecule has 1 aromatic heterocycles. The van der Waals surface area contributed by atoms with Gasteiger partial charge in [0.05, 0.1) is 6.61 Å². The second-order valence-electron chi connectivity index (χ2n) is 4.63. The number of anilines is 2. The van der Waals surface area contributed by atoms with E-state index in [9.17, 15) is 9.59 Å². The summed E-state index contributed by atoms with van der Waals surface area (Å²) >= 11 is 1.18. The van der Waals surface area contributed by atoms with Gasteiger partial charge in [-0.1, -0.05) is 0 Å². The van der Waals surface area contributed by atoms with E-state index in [-0.39, 0.29) is 24.2 Å². The lowest BCUT2D eigenvalue weighted by atomic mass is 9.96. The van der Waals surface area contributed by atoms with Crippen LogP contribution in [0.1, 0.15) is 30.1 Å². The van der Waals surface area contributed by atoms with Crippen molar-refractivity contribution in [3.05, 3.63) is 5.56 Å². The van der Waals surface area contributed by atoms with E-state index in [1.165, 1.54) is 11.5 Å². The molecule has 1 amide bonds. The van der Waals surface area contributed by atoms with Gasteiger partial charge in [-0.05, 0) is 31.3 Å². The molecule has 0 spiro atoms. The maximum Gasteiger partial charge on any atom is 0.345 e. The highest BCUT2D eigenvalue weighted by Crippen LogP contribution is 2.33. The summed E-state index contributed by atoms with van der Waals surface area (Å²) in [6.07, 6.45) is 1.35. The molecule has 1 aromatic rings. The molecule has 0 aromatic carbocycles. The topological polar surface area (TPSA) is 112 Å². The van der Waals surface area contributed by atoms with Crippen LogP contribution in [0.15, 0.2) is 0 Å². The highest BCUT2D eigenvalue weighted by atomic mass is 32.1. The molecule has 1 saturated heterocycles. The smallest absolute Gasteiger partial charge is 0.345 e. The number of primary amides is 1. The molecule has 8 heteroatoms. The summed E-state index contributed by atoms with van der Waals surface area (Å²) in [7, 11) is 0. The van der Waals surface area contributed by atoms with E-state index in [1.807, 2.05) is 4.90 Å². The predicted molar refractivity (Wildman–Crippen MR) is 76.6 cm³/mol. The Kier molecular flexibility index (Phi) is 4.43. The molecule has 1 aliphatic heterocycles. The third-order valence-electron chi connectivity index (χ3n) is 3.36. The van der Waals surface area contributed by atoms with Crippen LogP contribution in [0.2, 0.25) is 0 Å². The van der Waals surface area contributed by atoms with Crippen LogP contribution in [0.25, 0.3) is 0 Å². The van der Waals surface area contributed by atoms with Gasteiger partial charge in [0, 0.05) is 19.0 Å². The van der Waals surface area contributed by atoms with Crippen LogP contribution in [-0.4, -0.2) is 35.9 Å². The molecule has 1 aliphatic rings. The Bertz CT molecular complexity index is 509. The number of nitrogens with two attached hydrogens (primary N) is 2. The molecular weight excluding hydrogens is 280 g/mol. The molecule has 20 heavy (non-hydrogen) atoms. The van der Waals surface area contributed by atoms with E-state index in [0.717, 1.165) is 0 Å². The van der Waals surface area contributed by atoms with Gasteiger partial charge < -0.3 is 21.1 Å². The predicted octanol–water partition coefficient (Wildman–Crippen LogP) is 0.604. The lowest BCUT2D eigenvalue weighted by Crippen LogP contribution is -2.38. The summed E-state index contributed by atoms with van der Waals surface area (Å²) in [6, 6.07) is 0. The number of nitrogens with zero attached hydrogens (tertiary/aromatic N) is 2. The number of hydrogen-bond donors (Lipinski definition) is 2. The summed E-state index contributed by atoms with van der Waals surface area (Å²) in [4.78, 5) is 25.1. The molecule has 0 saturated carbocycles. The van der Waals surface area contributed by atoms with E-state index in [0.29, 0.717) is 36.5 Å². The van der Waals surface area contributed by atoms with Crippen molar-refractivity contribution in [3.63, 3.8) is 0 Å². The second-order valence-corrected chi connectivity index (χ2v) is 5.38. The van der Waals surface area contributed by atoms with E-state index in [2.05, 4.69) is 4.37 Å². The Hall–Kier alpha value is -1.83. The van der Waals surface area contributed by atoms with Gasteiger partial charge in [0.1, 0.15) is 10.6 Å². The Labute approximate surface area is 121 Å². The van der Waals surface area contributed by atoms with E-state index >= 15 is 0 Å². The molecule has 7 nitrogen and oxygen atoms in total. The first-order chi connectivity index (χ1) is 9.54. The van der Waals surface area contributed by atoms with Crippen LogP contribution in [0.3, 0.4) is 0 Å². The lowest BCUT2D eigenvalue weighted by Gasteiger charge is -2.31. The standard InChI is InChI=1S/C12H18N4O3S/c1-2-19-12(18)8-9(13)15-20-11(8)16-5-3-7(4-6-16)10(14)17/h7H,2-6H2,1H3,(H2,13,15)(H2,14,17). The SMILES string of the molecule is CCOC(=O)c1c(N)nsc1N1CCC(C(N)=O)CC1. The zero-order chi connectivity index (χ0) is 14.7. The second kappa shape index (κ2) is 6.08. The van der Waals surface area contributed by atoms with Gasteiger partial charge in [-0.15, -0.1) is 0 Å². The first-order valence-electron chi connectivity index (χ1n) is 6.51. The number of rotatable bonds is 4. The molecule has 0 unspecified atom stereocenters. The van der Waals surface area contributed by atoms with Crippen molar-refractivity contribution < 1.29 is 14.3 Å². The molecular formula is C12H18N4O3S. The van der Waals surface area contributed by atoms with Crippen LogP contribution in [0, 0.1) is 5.92 Å². The van der Waals surface area contributed by atoms with E-state index in [1.54, 1.807) is 6.92 Å². The van der Waals surface area contributed by atoms with Gasteiger partial charge in [0.25, 0.3) is 0 Å². The third-order valence-corrected chi connectivity index (χ3v) is 4.29. The minimum absolute atomic E-state index is 0.0949. The third kappa shape index (κ3) is 2.84. The van der Waals surface area contributed by atoms with Crippen LogP contribution in [0.4, 0.5) is 10.8 Å². The largest absolute Gasteiger partial charge is 0.462 e. The Balaban J connectivity index is 2.14. The maximum atomic E-state index is 11.9. The molecule has 0 aliphatic carbocycles. The highest BCUT2D eigenvalue weighted by molar-refractivity contribution is 7.11. The average molecular weight is 298 g/mol. The molecule has 1 fully saturated rings. The number of amides is 1. The van der Waals surface area contributed by atoms with Gasteiger partial charge in [-0.3, -0.25) is 4.79 Å². The zero-order valence-corrected chi connectivity index (χ0v) is 12.1. The van der Waals surface area contributed by atoms with Crippen molar-refractivity contribution in [2.45, 2.75) is 19.8 Å². The van der Waals surface area contributed by atoms with Crippen molar-refractivity contribution in [2.75, 3.05) is 30.3 Å². The Morgan fingerprint density at radius 1 is 1.45 bits per heavy atom. The summed E-state index contributed by atoms with van der Waals surface area (Å²) < 4.78 is 9.04. The van der Waals surface area contributed by atoms with Gasteiger partial charge in [-0.2, -0.15) is 4.37 Å². The molecule has 2 rings (SSSR count). The van der Waals surface area contributed by atoms with Crippen LogP contribution >= 0.6 is 11.5 Å². The summed E-state index contributed by atoms with van der Waals surface area (Å²) in [6.45, 7) is 3.34. The number of esters is 1. The number of hydrogen-bond acceptors (Lipinski definition) is 7. The van der Waals surface area contributed by atoms with Gasteiger partial charge in [0.2, 0.25) is 5.91 Å². The van der Waals surface area contributed by atoms with Crippen LogP contribution in [0.5, 0.6) is 0 Å². The summed E-state index contributed by atoms with van der Waals surface area (Å²) in [5.74, 6) is -0.618. The van der Waals surface area contributed by atoms with Gasteiger partial charge in [-0.25, -0.2) is 4.79 Å².